The first-order valence-corrected chi connectivity index (χ1v) is 13.1. The van der Waals surface area contributed by atoms with Crippen LogP contribution in [0.3, 0.4) is 0 Å². The second kappa shape index (κ2) is 13.2. The molecular formula is C29H32BrN3O6. The lowest BCUT2D eigenvalue weighted by Crippen LogP contribution is -2.55. The Morgan fingerprint density at radius 2 is 1.72 bits per heavy atom. The van der Waals surface area contributed by atoms with Crippen molar-refractivity contribution in [1.29, 1.82) is 0 Å². The highest BCUT2D eigenvalue weighted by atomic mass is 79.9. The van der Waals surface area contributed by atoms with E-state index in [0.717, 1.165) is 15.6 Å². The molecule has 3 rings (SSSR count). The third-order valence-electron chi connectivity index (χ3n) is 5.72. The van der Waals surface area contributed by atoms with Gasteiger partial charge in [0.1, 0.15) is 11.8 Å². The maximum absolute atomic E-state index is 13.7. The van der Waals surface area contributed by atoms with E-state index in [9.17, 15) is 19.7 Å². The lowest BCUT2D eigenvalue weighted by Gasteiger charge is -2.33. The van der Waals surface area contributed by atoms with Crippen molar-refractivity contribution in [3.63, 3.8) is 0 Å². The molecule has 0 bridgehead atoms. The Labute approximate surface area is 236 Å². The van der Waals surface area contributed by atoms with Gasteiger partial charge in [0, 0.05) is 35.1 Å². The lowest BCUT2D eigenvalue weighted by atomic mass is 10.0. The number of benzene rings is 3. The number of rotatable bonds is 11. The largest absolute Gasteiger partial charge is 0.490 e. The summed E-state index contributed by atoms with van der Waals surface area (Å²) >= 11 is 3.47. The van der Waals surface area contributed by atoms with E-state index in [4.69, 9.17) is 9.47 Å². The number of nitro benzene ring substituents is 1. The molecule has 0 radical (unpaired) electrons. The number of carbonyl (C=O) groups excluding carboxylic acids is 2. The third-order valence-corrected chi connectivity index (χ3v) is 6.21. The molecule has 0 aliphatic heterocycles. The molecule has 2 amide bonds. The van der Waals surface area contributed by atoms with Gasteiger partial charge in [0.25, 0.3) is 5.91 Å². The average Bonchev–Trinajstić information content (AvgIpc) is 2.88. The van der Waals surface area contributed by atoms with Crippen LogP contribution < -0.4 is 14.8 Å². The second-order valence-corrected chi connectivity index (χ2v) is 10.9. The van der Waals surface area contributed by atoms with E-state index in [2.05, 4.69) is 21.2 Å². The van der Waals surface area contributed by atoms with Crippen LogP contribution >= 0.6 is 15.9 Å². The molecule has 0 fully saturated rings. The maximum Gasteiger partial charge on any atom is 0.311 e. The first-order chi connectivity index (χ1) is 18.5. The van der Waals surface area contributed by atoms with Gasteiger partial charge in [-0.2, -0.15) is 0 Å². The Hall–Kier alpha value is -3.92. The molecule has 39 heavy (non-hydrogen) atoms. The Morgan fingerprint density at radius 3 is 2.33 bits per heavy atom. The van der Waals surface area contributed by atoms with Crippen LogP contribution in [0, 0.1) is 10.1 Å². The Balaban J connectivity index is 1.94. The van der Waals surface area contributed by atoms with E-state index in [0.29, 0.717) is 6.42 Å². The summed E-state index contributed by atoms with van der Waals surface area (Å²) in [4.78, 5) is 39.5. The molecule has 1 N–H and O–H groups in total. The molecule has 206 valence electrons. The van der Waals surface area contributed by atoms with Crippen molar-refractivity contribution >= 4 is 33.4 Å². The van der Waals surface area contributed by atoms with Crippen LogP contribution in [0.4, 0.5) is 5.69 Å². The monoisotopic (exact) mass is 597 g/mol. The van der Waals surface area contributed by atoms with Crippen LogP contribution in [0.1, 0.15) is 31.9 Å². The van der Waals surface area contributed by atoms with E-state index in [1.807, 2.05) is 75.4 Å². The number of halogens is 1. The topological polar surface area (TPSA) is 111 Å². The molecule has 10 heteroatoms. The van der Waals surface area contributed by atoms with Crippen molar-refractivity contribution in [1.82, 2.24) is 10.2 Å². The van der Waals surface area contributed by atoms with Crippen LogP contribution in [0.2, 0.25) is 0 Å². The first kappa shape index (κ1) is 29.6. The predicted molar refractivity (Wildman–Crippen MR) is 152 cm³/mol. The van der Waals surface area contributed by atoms with Crippen LogP contribution in [0.5, 0.6) is 11.5 Å². The average molecular weight is 598 g/mol. The minimum Gasteiger partial charge on any atom is -0.490 e. The fraction of sp³-hybridized carbons (Fsp3) is 0.310. The van der Waals surface area contributed by atoms with Crippen molar-refractivity contribution in [2.75, 3.05) is 13.7 Å². The van der Waals surface area contributed by atoms with Crippen molar-refractivity contribution < 1.29 is 24.0 Å². The molecule has 0 aliphatic carbocycles. The van der Waals surface area contributed by atoms with Gasteiger partial charge >= 0.3 is 5.69 Å². The summed E-state index contributed by atoms with van der Waals surface area (Å²) in [6, 6.07) is 20.2. The highest BCUT2D eigenvalue weighted by Crippen LogP contribution is 2.31. The van der Waals surface area contributed by atoms with Gasteiger partial charge in [0.2, 0.25) is 11.7 Å². The van der Waals surface area contributed by atoms with Crippen LogP contribution in [-0.2, 0) is 22.6 Å². The molecule has 9 nitrogen and oxygen atoms in total. The molecule has 0 heterocycles. The Morgan fingerprint density at radius 1 is 1.03 bits per heavy atom. The lowest BCUT2D eigenvalue weighted by molar-refractivity contribution is -0.385. The SMILES string of the molecule is COc1cc(OCC(=O)N(Cc2cccc(Br)c2)[C@H](Cc2ccccc2)C(=O)NC(C)(C)C)ccc1[N+](=O)[O-]. The summed E-state index contributed by atoms with van der Waals surface area (Å²) in [5.74, 6) is -0.460. The molecule has 0 unspecified atom stereocenters. The zero-order valence-electron chi connectivity index (χ0n) is 22.3. The van der Waals surface area contributed by atoms with Gasteiger partial charge in [0.05, 0.1) is 12.0 Å². The van der Waals surface area contributed by atoms with Gasteiger partial charge in [-0.15, -0.1) is 0 Å². The number of amides is 2. The van der Waals surface area contributed by atoms with Crippen molar-refractivity contribution in [3.8, 4) is 11.5 Å². The number of methoxy groups -OCH3 is 1. The van der Waals surface area contributed by atoms with Gasteiger partial charge in [0.15, 0.2) is 6.61 Å². The quantitative estimate of drug-likeness (QED) is 0.237. The molecular weight excluding hydrogens is 566 g/mol. The highest BCUT2D eigenvalue weighted by Gasteiger charge is 2.32. The molecule has 0 saturated heterocycles. The van der Waals surface area contributed by atoms with Crippen molar-refractivity contribution in [2.24, 2.45) is 0 Å². The van der Waals surface area contributed by atoms with E-state index >= 15 is 0 Å². The molecule has 0 saturated carbocycles. The number of hydrogen-bond donors (Lipinski definition) is 1. The Kier molecular flexibility index (Phi) is 10.1. The van der Waals surface area contributed by atoms with Gasteiger partial charge in [-0.3, -0.25) is 19.7 Å². The molecule has 0 aromatic heterocycles. The van der Waals surface area contributed by atoms with Gasteiger partial charge in [-0.1, -0.05) is 58.4 Å². The number of ether oxygens (including phenoxy) is 2. The smallest absolute Gasteiger partial charge is 0.311 e. The van der Waals surface area contributed by atoms with E-state index in [1.165, 1.54) is 30.2 Å². The van der Waals surface area contributed by atoms with E-state index in [-0.39, 0.29) is 36.2 Å². The number of carbonyl (C=O) groups is 2. The van der Waals surface area contributed by atoms with Gasteiger partial charge < -0.3 is 19.7 Å². The number of nitrogens with one attached hydrogen (secondary N) is 1. The zero-order valence-corrected chi connectivity index (χ0v) is 23.9. The fourth-order valence-electron chi connectivity index (χ4n) is 3.97. The summed E-state index contributed by atoms with van der Waals surface area (Å²) in [7, 11) is 1.32. The third kappa shape index (κ3) is 8.81. The van der Waals surface area contributed by atoms with E-state index < -0.39 is 22.4 Å². The van der Waals surface area contributed by atoms with Gasteiger partial charge in [-0.25, -0.2) is 0 Å². The minimum atomic E-state index is -0.826. The number of hydrogen-bond acceptors (Lipinski definition) is 6. The van der Waals surface area contributed by atoms with Crippen LogP contribution in [0.25, 0.3) is 0 Å². The molecule has 0 spiro atoms. The van der Waals surface area contributed by atoms with Crippen LogP contribution in [0.15, 0.2) is 77.3 Å². The number of nitrogens with zero attached hydrogens (tertiary/aromatic N) is 2. The summed E-state index contributed by atoms with van der Waals surface area (Å²) in [6.45, 7) is 5.44. The highest BCUT2D eigenvalue weighted by molar-refractivity contribution is 9.10. The summed E-state index contributed by atoms with van der Waals surface area (Å²) in [5.41, 5.74) is 1.01. The van der Waals surface area contributed by atoms with Crippen LogP contribution in [-0.4, -0.2) is 46.9 Å². The standard InChI is InChI=1S/C29H32BrN3O6/c1-29(2,3)31-28(35)25(16-20-9-6-5-7-10-20)32(18-21-11-8-12-22(30)15-21)27(34)19-39-23-13-14-24(33(36)37)26(17-23)38-4/h5-15,17,25H,16,18-19H2,1-4H3,(H,31,35)/t25-/m1/s1. The molecule has 3 aromatic rings. The van der Waals surface area contributed by atoms with E-state index in [1.54, 1.807) is 0 Å². The van der Waals surface area contributed by atoms with Crippen molar-refractivity contribution in [2.45, 2.75) is 45.3 Å². The second-order valence-electron chi connectivity index (χ2n) is 9.98. The molecule has 0 aliphatic rings. The molecule has 1 atom stereocenters. The zero-order chi connectivity index (χ0) is 28.6. The maximum atomic E-state index is 13.7. The van der Waals surface area contributed by atoms with Gasteiger partial charge in [-0.05, 0) is 50.1 Å². The first-order valence-electron chi connectivity index (χ1n) is 12.3. The summed E-state index contributed by atoms with van der Waals surface area (Å²) < 4.78 is 11.7. The fourth-order valence-corrected chi connectivity index (χ4v) is 4.41. The minimum absolute atomic E-state index is 0.0162. The molecule has 3 aromatic carbocycles. The Bertz CT molecular complexity index is 1310. The summed E-state index contributed by atoms with van der Waals surface area (Å²) in [6.07, 6.45) is 0.299. The number of nitro groups is 1. The normalized spacial score (nSPS) is 11.8. The summed E-state index contributed by atoms with van der Waals surface area (Å²) in [5, 5.41) is 14.2. The predicted octanol–water partition coefficient (Wildman–Crippen LogP) is 5.30. The van der Waals surface area contributed by atoms with Crippen molar-refractivity contribution in [3.05, 3.63) is 98.5 Å².